The van der Waals surface area contributed by atoms with E-state index in [1.807, 2.05) is 0 Å². The maximum absolute atomic E-state index is 13.5. The highest BCUT2D eigenvalue weighted by Gasteiger charge is 2.37. The molecule has 0 saturated heterocycles. The molecule has 6 nitrogen and oxygen atoms in total. The number of methoxy groups -OCH3 is 1. The third kappa shape index (κ3) is 2.05. The molecule has 0 aliphatic carbocycles. The Kier molecular flexibility index (Phi) is 3.15. The molecule has 3 aromatic carbocycles. The van der Waals surface area contributed by atoms with Crippen molar-refractivity contribution < 1.29 is 28.2 Å². The van der Waals surface area contributed by atoms with Gasteiger partial charge in [-0.15, -0.1) is 0 Å². The normalized spacial score (nSPS) is 14.4. The number of hydrogen-bond acceptors (Lipinski definition) is 5. The quantitative estimate of drug-likeness (QED) is 0.706. The van der Waals surface area contributed by atoms with Gasteiger partial charge in [0.15, 0.2) is 11.5 Å². The number of hydrogen-bond donors (Lipinski definition) is 1. The van der Waals surface area contributed by atoms with Crippen LogP contribution in [-0.4, -0.2) is 25.7 Å². The van der Waals surface area contributed by atoms with E-state index in [1.54, 1.807) is 24.3 Å². The second-order valence-electron chi connectivity index (χ2n) is 6.17. The average Bonchev–Trinajstić information content (AvgIpc) is 3.25. The fourth-order valence-electron chi connectivity index (χ4n) is 3.70. The lowest BCUT2D eigenvalue weighted by molar-refractivity contribution is 0.0879. The zero-order chi connectivity index (χ0) is 18.7. The summed E-state index contributed by atoms with van der Waals surface area (Å²) in [6.07, 6.45) is 0. The number of ether oxygens (including phenoxy) is 3. The molecule has 134 valence electrons. The van der Waals surface area contributed by atoms with E-state index in [0.717, 1.165) is 0 Å². The van der Waals surface area contributed by atoms with E-state index in [1.165, 1.54) is 19.2 Å². The van der Waals surface area contributed by atoms with Crippen LogP contribution < -0.4 is 19.5 Å². The molecule has 2 aliphatic heterocycles. The summed E-state index contributed by atoms with van der Waals surface area (Å²) in [7, 11) is 1.44. The highest BCUT2D eigenvalue weighted by atomic mass is 19.1. The van der Waals surface area contributed by atoms with E-state index in [-0.39, 0.29) is 23.7 Å². The van der Waals surface area contributed by atoms with Crippen LogP contribution in [-0.2, 0) is 0 Å². The van der Waals surface area contributed by atoms with E-state index in [9.17, 15) is 14.0 Å². The molecule has 0 atom stereocenters. The van der Waals surface area contributed by atoms with Crippen molar-refractivity contribution in [1.29, 1.82) is 0 Å². The molecule has 1 N–H and O–H groups in total. The van der Waals surface area contributed by atoms with Crippen LogP contribution in [0.1, 0.15) is 20.7 Å². The zero-order valence-electron chi connectivity index (χ0n) is 14.1. The number of nitrogens with one attached hydrogen (secondary N) is 1. The van der Waals surface area contributed by atoms with Crippen LogP contribution in [0.5, 0.6) is 17.2 Å². The third-order valence-electron chi connectivity index (χ3n) is 4.78. The van der Waals surface area contributed by atoms with Crippen LogP contribution in [0, 0.1) is 5.82 Å². The first-order valence-electron chi connectivity index (χ1n) is 8.18. The molecule has 0 fully saturated rings. The van der Waals surface area contributed by atoms with Gasteiger partial charge in [-0.05, 0) is 29.8 Å². The summed E-state index contributed by atoms with van der Waals surface area (Å²) >= 11 is 0. The average molecular weight is 365 g/mol. The monoisotopic (exact) mass is 365 g/mol. The van der Waals surface area contributed by atoms with Crippen LogP contribution >= 0.6 is 0 Å². The largest absolute Gasteiger partial charge is 0.495 e. The molecule has 0 bridgehead atoms. The predicted octanol–water partition coefficient (Wildman–Crippen LogP) is 3.27. The number of carbonyl (C=O) groups excluding carboxylic acids is 2. The van der Waals surface area contributed by atoms with Gasteiger partial charge in [-0.3, -0.25) is 14.9 Å². The molecule has 2 amide bonds. The van der Waals surface area contributed by atoms with Crippen molar-refractivity contribution in [2.24, 2.45) is 0 Å². The molecule has 7 heteroatoms. The van der Waals surface area contributed by atoms with Gasteiger partial charge in [-0.2, -0.15) is 0 Å². The number of benzene rings is 3. The molecular weight excluding hydrogens is 353 g/mol. The van der Waals surface area contributed by atoms with Gasteiger partial charge >= 0.3 is 0 Å². The molecular formula is C20H12FNO5. The van der Waals surface area contributed by atoms with Gasteiger partial charge < -0.3 is 14.2 Å². The van der Waals surface area contributed by atoms with Crippen LogP contribution in [0.4, 0.5) is 4.39 Å². The molecule has 0 spiro atoms. The fourth-order valence-corrected chi connectivity index (χ4v) is 3.70. The topological polar surface area (TPSA) is 73.9 Å². The molecule has 27 heavy (non-hydrogen) atoms. The maximum atomic E-state index is 13.5. The highest BCUT2D eigenvalue weighted by molar-refractivity contribution is 6.30. The Morgan fingerprint density at radius 2 is 1.70 bits per heavy atom. The summed E-state index contributed by atoms with van der Waals surface area (Å²) in [6.45, 7) is 0.0435. The molecule has 0 radical (unpaired) electrons. The lowest BCUT2D eigenvalue weighted by Crippen LogP contribution is -2.20. The summed E-state index contributed by atoms with van der Waals surface area (Å²) in [5, 5.41) is 3.50. The van der Waals surface area contributed by atoms with Crippen LogP contribution in [0.2, 0.25) is 0 Å². The SMILES string of the molecule is COc1c2c(c(-c3ccc(F)cc3)c3c4c(ccc13)OCO4)C(=O)NC2=O. The minimum atomic E-state index is -0.536. The van der Waals surface area contributed by atoms with Crippen molar-refractivity contribution in [3.8, 4) is 28.4 Å². The van der Waals surface area contributed by atoms with Gasteiger partial charge in [0.1, 0.15) is 11.6 Å². The van der Waals surface area contributed by atoms with Crippen molar-refractivity contribution >= 4 is 22.6 Å². The fraction of sp³-hybridized carbons (Fsp3) is 0.100. The van der Waals surface area contributed by atoms with E-state index in [0.29, 0.717) is 33.4 Å². The minimum absolute atomic E-state index is 0.0435. The van der Waals surface area contributed by atoms with Crippen LogP contribution in [0.3, 0.4) is 0 Å². The van der Waals surface area contributed by atoms with Gasteiger partial charge in [0.25, 0.3) is 11.8 Å². The summed E-state index contributed by atoms with van der Waals surface area (Å²) in [6, 6.07) is 9.19. The lowest BCUT2D eigenvalue weighted by Gasteiger charge is -2.17. The Bertz CT molecular complexity index is 1150. The number of rotatable bonds is 2. The Labute approximate surface area is 152 Å². The van der Waals surface area contributed by atoms with Gasteiger partial charge in [-0.25, -0.2) is 4.39 Å². The number of amides is 2. The maximum Gasteiger partial charge on any atom is 0.262 e. The van der Waals surface area contributed by atoms with Crippen LogP contribution in [0.15, 0.2) is 36.4 Å². The molecule has 2 aliphatic rings. The lowest BCUT2D eigenvalue weighted by atomic mass is 9.89. The summed E-state index contributed by atoms with van der Waals surface area (Å²) in [5.41, 5.74) is 1.40. The molecule has 0 aromatic heterocycles. The number of carbonyl (C=O) groups is 2. The van der Waals surface area contributed by atoms with E-state index < -0.39 is 17.6 Å². The Morgan fingerprint density at radius 1 is 0.963 bits per heavy atom. The van der Waals surface area contributed by atoms with Crippen LogP contribution in [0.25, 0.3) is 21.9 Å². The smallest absolute Gasteiger partial charge is 0.262 e. The van der Waals surface area contributed by atoms with E-state index in [2.05, 4.69) is 5.32 Å². The van der Waals surface area contributed by atoms with Gasteiger partial charge in [0.05, 0.1) is 18.2 Å². The van der Waals surface area contributed by atoms with Crippen molar-refractivity contribution in [2.45, 2.75) is 0 Å². The first-order chi connectivity index (χ1) is 13.1. The van der Waals surface area contributed by atoms with Crippen molar-refractivity contribution in [1.82, 2.24) is 5.32 Å². The molecule has 5 rings (SSSR count). The Balaban J connectivity index is 2.02. The number of halogens is 1. The first kappa shape index (κ1) is 15.6. The molecule has 0 unspecified atom stereocenters. The summed E-state index contributed by atoms with van der Waals surface area (Å²) in [5.74, 6) is -0.204. The van der Waals surface area contributed by atoms with E-state index >= 15 is 0 Å². The standard InChI is InChI=1S/C20H12FNO5/c1-25-17-11-6-7-12-18(27-8-26-12)14(11)13(9-2-4-10(21)5-3-9)15-16(17)20(24)22-19(15)23/h2-7H,8H2,1H3,(H,22,23,24). The van der Waals surface area contributed by atoms with Gasteiger partial charge in [0.2, 0.25) is 6.79 Å². The molecule has 2 heterocycles. The summed E-state index contributed by atoms with van der Waals surface area (Å²) in [4.78, 5) is 25.1. The second-order valence-corrected chi connectivity index (χ2v) is 6.17. The number of fused-ring (bicyclic) bond motifs is 4. The molecule has 0 saturated carbocycles. The minimum Gasteiger partial charge on any atom is -0.495 e. The Morgan fingerprint density at radius 3 is 2.44 bits per heavy atom. The number of imide groups is 1. The van der Waals surface area contributed by atoms with Gasteiger partial charge in [0, 0.05) is 16.3 Å². The predicted molar refractivity (Wildman–Crippen MR) is 93.8 cm³/mol. The Hall–Kier alpha value is -3.61. The van der Waals surface area contributed by atoms with E-state index in [4.69, 9.17) is 14.2 Å². The highest BCUT2D eigenvalue weighted by Crippen LogP contribution is 2.50. The van der Waals surface area contributed by atoms with Crippen molar-refractivity contribution in [3.05, 3.63) is 53.3 Å². The molecule has 3 aromatic rings. The zero-order valence-corrected chi connectivity index (χ0v) is 14.1. The summed E-state index contributed by atoms with van der Waals surface area (Å²) < 4.78 is 30.1. The third-order valence-corrected chi connectivity index (χ3v) is 4.78. The van der Waals surface area contributed by atoms with Crippen molar-refractivity contribution in [3.63, 3.8) is 0 Å². The second kappa shape index (κ2) is 5.44. The van der Waals surface area contributed by atoms with Crippen molar-refractivity contribution in [2.75, 3.05) is 13.9 Å². The van der Waals surface area contributed by atoms with Gasteiger partial charge in [-0.1, -0.05) is 12.1 Å². The first-order valence-corrected chi connectivity index (χ1v) is 8.18.